The maximum absolute atomic E-state index is 11.2. The fraction of sp³-hybridized carbons (Fsp3) is 0.400. The lowest BCUT2D eigenvalue weighted by molar-refractivity contribution is -0.126. The van der Waals surface area contributed by atoms with Gasteiger partial charge in [0.05, 0.1) is 0 Å². The maximum Gasteiger partial charge on any atom is 0.249 e. The van der Waals surface area contributed by atoms with Crippen molar-refractivity contribution in [2.24, 2.45) is 0 Å². The van der Waals surface area contributed by atoms with Crippen LogP contribution in [0.3, 0.4) is 0 Å². The zero-order valence-electron chi connectivity index (χ0n) is 9.22. The Morgan fingerprint density at radius 3 is 1.60 bits per heavy atom. The van der Waals surface area contributed by atoms with Gasteiger partial charge in [-0.15, -0.1) is 0 Å². The van der Waals surface area contributed by atoms with Crippen LogP contribution < -0.4 is 10.6 Å². The number of carbonyl (C=O) groups excluding carboxylic acids is 2. The Labute approximate surface area is 89.2 Å². The lowest BCUT2D eigenvalue weighted by Crippen LogP contribution is -2.49. The molecule has 0 saturated carbocycles. The predicted molar refractivity (Wildman–Crippen MR) is 56.7 cm³/mol. The van der Waals surface area contributed by atoms with E-state index in [-0.39, 0.29) is 11.8 Å². The lowest BCUT2D eigenvalue weighted by Gasteiger charge is -2.18. The normalized spacial score (nSPS) is 9.60. The highest BCUT2D eigenvalue weighted by Gasteiger charge is 2.14. The Kier molecular flexibility index (Phi) is 5.33. The molecule has 0 atom stereocenters. The second-order valence-corrected chi connectivity index (χ2v) is 3.12. The summed E-state index contributed by atoms with van der Waals surface area (Å²) in [6.07, 6.45) is -0.876. The molecule has 0 aliphatic carbocycles. The number of ether oxygens (including phenoxy) is 1. The summed E-state index contributed by atoms with van der Waals surface area (Å²) in [7, 11) is 1.36. The second-order valence-electron chi connectivity index (χ2n) is 3.12. The zero-order valence-corrected chi connectivity index (χ0v) is 9.22. The number of nitrogens with one attached hydrogen (secondary N) is 2. The molecule has 2 amide bonds. The zero-order chi connectivity index (χ0) is 12.0. The van der Waals surface area contributed by atoms with E-state index in [2.05, 4.69) is 23.8 Å². The summed E-state index contributed by atoms with van der Waals surface area (Å²) < 4.78 is 4.85. The molecule has 0 saturated heterocycles. The van der Waals surface area contributed by atoms with Crippen LogP contribution in [0.15, 0.2) is 24.3 Å². The van der Waals surface area contributed by atoms with Crippen molar-refractivity contribution in [3.05, 3.63) is 24.3 Å². The Hall–Kier alpha value is -1.62. The van der Waals surface area contributed by atoms with Crippen molar-refractivity contribution >= 4 is 11.8 Å². The first-order valence-electron chi connectivity index (χ1n) is 4.34. The van der Waals surface area contributed by atoms with E-state index in [0.29, 0.717) is 11.1 Å². The monoisotopic (exact) mass is 212 g/mol. The summed E-state index contributed by atoms with van der Waals surface area (Å²) in [5.41, 5.74) is 0.670. The molecule has 5 nitrogen and oxygen atoms in total. The first-order chi connectivity index (χ1) is 6.88. The molecule has 0 aromatic rings. The van der Waals surface area contributed by atoms with Crippen molar-refractivity contribution in [2.45, 2.75) is 20.2 Å². The summed E-state index contributed by atoms with van der Waals surface area (Å²) in [4.78, 5) is 22.4. The summed E-state index contributed by atoms with van der Waals surface area (Å²) >= 11 is 0. The van der Waals surface area contributed by atoms with Crippen LogP contribution in [-0.2, 0) is 14.3 Å². The number of hydrogen-bond acceptors (Lipinski definition) is 3. The molecule has 0 spiro atoms. The molecular weight excluding hydrogens is 196 g/mol. The van der Waals surface area contributed by atoms with Crippen LogP contribution in [0.1, 0.15) is 13.8 Å². The minimum atomic E-state index is -0.876. The maximum atomic E-state index is 11.2. The molecule has 0 radical (unpaired) electrons. The molecule has 0 rings (SSSR count). The van der Waals surface area contributed by atoms with Gasteiger partial charge < -0.3 is 15.4 Å². The fourth-order valence-electron chi connectivity index (χ4n) is 0.638. The van der Waals surface area contributed by atoms with Gasteiger partial charge in [0, 0.05) is 18.3 Å². The molecule has 0 bridgehead atoms. The van der Waals surface area contributed by atoms with Gasteiger partial charge in [-0.3, -0.25) is 9.59 Å². The van der Waals surface area contributed by atoms with Gasteiger partial charge in [0.25, 0.3) is 0 Å². The van der Waals surface area contributed by atoms with Gasteiger partial charge in [-0.05, 0) is 13.8 Å². The third kappa shape index (κ3) is 4.97. The molecule has 0 aromatic carbocycles. The number of carbonyl (C=O) groups is 2. The highest BCUT2D eigenvalue weighted by atomic mass is 16.5. The average molecular weight is 212 g/mol. The molecule has 15 heavy (non-hydrogen) atoms. The Bertz CT molecular complexity index is 269. The molecule has 0 heterocycles. The molecule has 2 N–H and O–H groups in total. The van der Waals surface area contributed by atoms with Gasteiger partial charge in [-0.25, -0.2) is 0 Å². The van der Waals surface area contributed by atoms with Crippen molar-refractivity contribution in [2.75, 3.05) is 7.11 Å². The van der Waals surface area contributed by atoms with Crippen molar-refractivity contribution < 1.29 is 14.3 Å². The van der Waals surface area contributed by atoms with E-state index in [1.54, 1.807) is 13.8 Å². The standard InChI is InChI=1S/C10H16N2O3/c1-6(2)8(13)11-10(15-5)12-9(14)7(3)4/h10H,1,3H2,2,4-5H3,(H,11,13)(H,12,14). The van der Waals surface area contributed by atoms with Crippen LogP contribution in [0.25, 0.3) is 0 Å². The molecule has 0 fully saturated rings. The summed E-state index contributed by atoms with van der Waals surface area (Å²) in [6.45, 7) is 10.0. The van der Waals surface area contributed by atoms with Crippen LogP contribution in [0.5, 0.6) is 0 Å². The number of rotatable bonds is 5. The van der Waals surface area contributed by atoms with Crippen molar-refractivity contribution in [3.63, 3.8) is 0 Å². The van der Waals surface area contributed by atoms with E-state index in [4.69, 9.17) is 4.74 Å². The van der Waals surface area contributed by atoms with Gasteiger partial charge in [0.15, 0.2) is 0 Å². The molecular formula is C10H16N2O3. The van der Waals surface area contributed by atoms with Gasteiger partial charge in [-0.2, -0.15) is 0 Å². The van der Waals surface area contributed by atoms with Crippen LogP contribution >= 0.6 is 0 Å². The summed E-state index contributed by atoms with van der Waals surface area (Å²) in [5.74, 6) is -0.771. The van der Waals surface area contributed by atoms with E-state index < -0.39 is 6.35 Å². The number of amides is 2. The summed E-state index contributed by atoms with van der Waals surface area (Å²) in [5, 5.41) is 4.84. The molecule has 0 aliphatic rings. The highest BCUT2D eigenvalue weighted by Crippen LogP contribution is 1.91. The van der Waals surface area contributed by atoms with E-state index in [1.807, 2.05) is 0 Å². The van der Waals surface area contributed by atoms with Gasteiger partial charge in [-0.1, -0.05) is 13.2 Å². The first-order valence-corrected chi connectivity index (χ1v) is 4.34. The number of hydrogen-bond donors (Lipinski definition) is 2. The number of methoxy groups -OCH3 is 1. The Morgan fingerprint density at radius 2 is 1.40 bits per heavy atom. The first kappa shape index (κ1) is 13.4. The average Bonchev–Trinajstić information content (AvgIpc) is 2.15. The molecule has 84 valence electrons. The van der Waals surface area contributed by atoms with Crippen molar-refractivity contribution in [1.29, 1.82) is 0 Å². The van der Waals surface area contributed by atoms with E-state index in [1.165, 1.54) is 7.11 Å². The Balaban J connectivity index is 4.27. The minimum Gasteiger partial charge on any atom is -0.344 e. The van der Waals surface area contributed by atoms with E-state index >= 15 is 0 Å². The smallest absolute Gasteiger partial charge is 0.249 e. The molecule has 5 heteroatoms. The minimum absolute atomic E-state index is 0.335. The third-order valence-electron chi connectivity index (χ3n) is 1.54. The second kappa shape index (κ2) is 5.98. The topological polar surface area (TPSA) is 67.4 Å². The van der Waals surface area contributed by atoms with Crippen LogP contribution in [-0.4, -0.2) is 25.3 Å². The van der Waals surface area contributed by atoms with Crippen molar-refractivity contribution in [3.8, 4) is 0 Å². The summed E-state index contributed by atoms with van der Waals surface area (Å²) in [6, 6.07) is 0. The quantitative estimate of drug-likeness (QED) is 0.509. The van der Waals surface area contributed by atoms with Gasteiger partial charge in [0.2, 0.25) is 18.2 Å². The third-order valence-corrected chi connectivity index (χ3v) is 1.54. The van der Waals surface area contributed by atoms with Crippen LogP contribution in [0.4, 0.5) is 0 Å². The predicted octanol–water partition coefficient (Wildman–Crippen LogP) is 0.301. The van der Waals surface area contributed by atoms with Crippen LogP contribution in [0.2, 0.25) is 0 Å². The Morgan fingerprint density at radius 1 is 1.07 bits per heavy atom. The largest absolute Gasteiger partial charge is 0.344 e. The molecule has 0 unspecified atom stereocenters. The van der Waals surface area contributed by atoms with Gasteiger partial charge in [0.1, 0.15) is 0 Å². The van der Waals surface area contributed by atoms with E-state index in [0.717, 1.165) is 0 Å². The fourth-order valence-corrected chi connectivity index (χ4v) is 0.638. The lowest BCUT2D eigenvalue weighted by atomic mass is 10.3. The molecule has 0 aliphatic heterocycles. The van der Waals surface area contributed by atoms with E-state index in [9.17, 15) is 9.59 Å². The molecule has 0 aromatic heterocycles. The van der Waals surface area contributed by atoms with Crippen molar-refractivity contribution in [1.82, 2.24) is 10.6 Å². The SMILES string of the molecule is C=C(C)C(=O)NC(NC(=O)C(=C)C)OC. The van der Waals surface area contributed by atoms with Gasteiger partial charge >= 0.3 is 0 Å². The van der Waals surface area contributed by atoms with Crippen LogP contribution in [0, 0.1) is 0 Å². The highest BCUT2D eigenvalue weighted by molar-refractivity contribution is 5.94.